The predicted octanol–water partition coefficient (Wildman–Crippen LogP) is 4.68. The van der Waals surface area contributed by atoms with E-state index in [-0.39, 0.29) is 22.0 Å². The molecule has 4 aromatic rings. The lowest BCUT2D eigenvalue weighted by atomic mass is 9.97. The van der Waals surface area contributed by atoms with E-state index in [1.165, 1.54) is 22.3 Å². The zero-order valence-corrected chi connectivity index (χ0v) is 21.9. The maximum atomic E-state index is 13.9. The summed E-state index contributed by atoms with van der Waals surface area (Å²) in [6.45, 7) is 3.03. The molecular weight excluding hydrogens is 520 g/mol. The van der Waals surface area contributed by atoms with E-state index in [9.17, 15) is 14.4 Å². The fraction of sp³-hybridized carbons (Fsp3) is 0.172. The number of ketones is 2. The standard InChI is InChI=1S/C29H22N2O7S/c1-3-36-19-6-4-5-16(13-19)25-24(26(32)17-7-10-21-22(14-17)38-12-11-37-21)27(33)28(34)31(25)29-30-20-9-8-18(35-2)15-23(20)39-29/h4-10,13-15H,3,11-12H2,1-2H3. The third kappa shape index (κ3) is 4.28. The third-order valence-corrected chi connectivity index (χ3v) is 7.31. The molecule has 10 heteroatoms. The van der Waals surface area contributed by atoms with Crippen LogP contribution in [0.3, 0.4) is 0 Å². The molecule has 0 N–H and O–H groups in total. The van der Waals surface area contributed by atoms with Gasteiger partial charge in [0.05, 0.1) is 29.6 Å². The molecule has 39 heavy (non-hydrogen) atoms. The fourth-order valence-corrected chi connectivity index (χ4v) is 5.54. The molecule has 0 radical (unpaired) electrons. The van der Waals surface area contributed by atoms with Gasteiger partial charge in [0.1, 0.15) is 30.3 Å². The monoisotopic (exact) mass is 542 g/mol. The maximum absolute atomic E-state index is 13.9. The van der Waals surface area contributed by atoms with Gasteiger partial charge < -0.3 is 18.9 Å². The molecular formula is C29H22N2O7S. The molecule has 0 unspecified atom stereocenters. The second-order valence-corrected chi connectivity index (χ2v) is 9.68. The van der Waals surface area contributed by atoms with Gasteiger partial charge in [-0.2, -0.15) is 0 Å². The lowest BCUT2D eigenvalue weighted by molar-refractivity contribution is -0.132. The average Bonchev–Trinajstić information content (AvgIpc) is 3.50. The minimum Gasteiger partial charge on any atom is -0.497 e. The molecule has 0 spiro atoms. The summed E-state index contributed by atoms with van der Waals surface area (Å²) < 4.78 is 22.9. The van der Waals surface area contributed by atoms with Crippen molar-refractivity contribution in [2.45, 2.75) is 6.92 Å². The highest BCUT2D eigenvalue weighted by molar-refractivity contribution is 7.22. The number of aromatic nitrogens is 1. The molecule has 0 saturated heterocycles. The van der Waals surface area contributed by atoms with E-state index in [1.54, 1.807) is 61.7 Å². The third-order valence-electron chi connectivity index (χ3n) is 6.31. The summed E-state index contributed by atoms with van der Waals surface area (Å²) in [6, 6.07) is 17.0. The molecule has 0 atom stereocenters. The van der Waals surface area contributed by atoms with Gasteiger partial charge in [-0.1, -0.05) is 23.5 Å². The first kappa shape index (κ1) is 24.6. The molecule has 0 bridgehead atoms. The van der Waals surface area contributed by atoms with Crippen LogP contribution in [0.25, 0.3) is 15.9 Å². The smallest absolute Gasteiger partial charge is 0.306 e. The number of anilines is 1. The molecule has 0 saturated carbocycles. The van der Waals surface area contributed by atoms with Crippen LogP contribution in [0.4, 0.5) is 5.13 Å². The lowest BCUT2D eigenvalue weighted by Crippen LogP contribution is -2.28. The van der Waals surface area contributed by atoms with E-state index < -0.39 is 17.5 Å². The Morgan fingerprint density at radius 3 is 2.62 bits per heavy atom. The van der Waals surface area contributed by atoms with Crippen LogP contribution in [0.5, 0.6) is 23.0 Å². The highest BCUT2D eigenvalue weighted by Gasteiger charge is 2.45. The number of carbonyl (C=O) groups is 3. The van der Waals surface area contributed by atoms with Crippen LogP contribution in [0.15, 0.2) is 66.2 Å². The van der Waals surface area contributed by atoms with E-state index in [1.807, 2.05) is 6.92 Å². The van der Waals surface area contributed by atoms with Crippen molar-refractivity contribution in [2.75, 3.05) is 31.8 Å². The predicted molar refractivity (Wildman–Crippen MR) is 145 cm³/mol. The van der Waals surface area contributed by atoms with Gasteiger partial charge in [0.25, 0.3) is 5.78 Å². The summed E-state index contributed by atoms with van der Waals surface area (Å²) >= 11 is 1.22. The number of fused-ring (bicyclic) bond motifs is 2. The first-order chi connectivity index (χ1) is 19.0. The van der Waals surface area contributed by atoms with Crippen LogP contribution < -0.4 is 23.8 Å². The average molecular weight is 543 g/mol. The molecule has 1 aromatic heterocycles. The van der Waals surface area contributed by atoms with E-state index in [4.69, 9.17) is 18.9 Å². The van der Waals surface area contributed by atoms with Crippen LogP contribution >= 0.6 is 11.3 Å². The van der Waals surface area contributed by atoms with Crippen LogP contribution in [0.1, 0.15) is 22.8 Å². The minimum atomic E-state index is -0.913. The molecule has 2 aliphatic rings. The Bertz CT molecular complexity index is 1690. The molecule has 1 amide bonds. The topological polar surface area (TPSA) is 104 Å². The van der Waals surface area contributed by atoms with Crippen LogP contribution in [-0.2, 0) is 9.59 Å². The number of carbonyl (C=O) groups excluding carboxylic acids is 3. The van der Waals surface area contributed by atoms with Gasteiger partial charge in [-0.3, -0.25) is 14.4 Å². The highest BCUT2D eigenvalue weighted by atomic mass is 32.1. The molecule has 196 valence electrons. The Kier molecular flexibility index (Phi) is 6.24. The first-order valence-electron chi connectivity index (χ1n) is 12.2. The quantitative estimate of drug-likeness (QED) is 0.188. The van der Waals surface area contributed by atoms with E-state index in [2.05, 4.69) is 4.98 Å². The number of ether oxygens (including phenoxy) is 4. The van der Waals surface area contributed by atoms with Gasteiger partial charge in [0, 0.05) is 11.1 Å². The van der Waals surface area contributed by atoms with Gasteiger partial charge in [-0.25, -0.2) is 9.88 Å². The number of Topliss-reactive ketones (excluding diaryl/α,β-unsaturated/α-hetero) is 2. The summed E-state index contributed by atoms with van der Waals surface area (Å²) in [6.07, 6.45) is 0. The number of hydrogen-bond acceptors (Lipinski definition) is 9. The van der Waals surface area contributed by atoms with Crippen molar-refractivity contribution >= 4 is 49.9 Å². The normalized spacial score (nSPS) is 14.8. The SMILES string of the molecule is CCOc1cccc(C2=C(C(=O)c3ccc4c(c3)OCCO4)C(=O)C(=O)N2c2nc3ccc(OC)cc3s2)c1. The van der Waals surface area contributed by atoms with Crippen molar-refractivity contribution in [3.05, 3.63) is 77.4 Å². The Morgan fingerprint density at radius 2 is 1.82 bits per heavy atom. The number of benzene rings is 3. The number of thiazole rings is 1. The Morgan fingerprint density at radius 1 is 1.00 bits per heavy atom. The molecule has 2 aliphatic heterocycles. The van der Waals surface area contributed by atoms with Crippen LogP contribution in [-0.4, -0.2) is 49.4 Å². The summed E-state index contributed by atoms with van der Waals surface area (Å²) in [5.74, 6) is -0.293. The zero-order valence-electron chi connectivity index (χ0n) is 21.1. The van der Waals surface area contributed by atoms with Crippen molar-refractivity contribution in [2.24, 2.45) is 0 Å². The van der Waals surface area contributed by atoms with Gasteiger partial charge in [0.2, 0.25) is 0 Å². The minimum absolute atomic E-state index is 0.150. The van der Waals surface area contributed by atoms with Gasteiger partial charge in [-0.15, -0.1) is 0 Å². The summed E-state index contributed by atoms with van der Waals surface area (Å²) in [5, 5.41) is 0.262. The van der Waals surface area contributed by atoms with Crippen molar-refractivity contribution in [1.82, 2.24) is 4.98 Å². The Hall–Kier alpha value is -4.70. The number of nitrogens with zero attached hydrogens (tertiary/aromatic N) is 2. The van der Waals surface area contributed by atoms with Crippen LogP contribution in [0.2, 0.25) is 0 Å². The number of hydrogen-bond donors (Lipinski definition) is 0. The molecule has 3 heterocycles. The first-order valence-corrected chi connectivity index (χ1v) is 13.1. The molecule has 3 aromatic carbocycles. The highest BCUT2D eigenvalue weighted by Crippen LogP contribution is 2.42. The second-order valence-electron chi connectivity index (χ2n) is 8.67. The zero-order chi connectivity index (χ0) is 27.1. The van der Waals surface area contributed by atoms with E-state index in [0.29, 0.717) is 53.9 Å². The second kappa shape index (κ2) is 9.88. The van der Waals surface area contributed by atoms with Gasteiger partial charge in [-0.05, 0) is 55.5 Å². The molecule has 0 aliphatic carbocycles. The number of rotatable bonds is 7. The Balaban J connectivity index is 1.53. The maximum Gasteiger partial charge on any atom is 0.306 e. The number of amides is 1. The van der Waals surface area contributed by atoms with E-state index >= 15 is 0 Å². The summed E-state index contributed by atoms with van der Waals surface area (Å²) in [4.78, 5) is 46.8. The molecule has 0 fully saturated rings. The fourth-order valence-electron chi connectivity index (χ4n) is 4.54. The van der Waals surface area contributed by atoms with Gasteiger partial charge in [0.15, 0.2) is 22.4 Å². The molecule has 9 nitrogen and oxygen atoms in total. The largest absolute Gasteiger partial charge is 0.497 e. The van der Waals surface area contributed by atoms with Crippen molar-refractivity contribution in [1.29, 1.82) is 0 Å². The van der Waals surface area contributed by atoms with Crippen molar-refractivity contribution in [3.63, 3.8) is 0 Å². The van der Waals surface area contributed by atoms with Crippen LogP contribution in [0, 0.1) is 0 Å². The van der Waals surface area contributed by atoms with Gasteiger partial charge >= 0.3 is 5.91 Å². The summed E-state index contributed by atoms with van der Waals surface area (Å²) in [5.41, 5.74) is 1.20. The Labute approximate surface area is 227 Å². The lowest BCUT2D eigenvalue weighted by Gasteiger charge is -2.19. The van der Waals surface area contributed by atoms with Crippen molar-refractivity contribution in [3.8, 4) is 23.0 Å². The molecule has 6 rings (SSSR count). The van der Waals surface area contributed by atoms with Crippen molar-refractivity contribution < 1.29 is 33.3 Å². The number of methoxy groups -OCH3 is 1. The van der Waals surface area contributed by atoms with E-state index in [0.717, 1.165) is 4.70 Å². The summed E-state index contributed by atoms with van der Waals surface area (Å²) in [7, 11) is 1.56.